The number of nitrogens with zero attached hydrogens (tertiary/aromatic N) is 3. The Labute approximate surface area is 207 Å². The smallest absolute Gasteiger partial charge is 0.416 e. The van der Waals surface area contributed by atoms with E-state index in [9.17, 15) is 26.0 Å². The highest BCUT2D eigenvalue weighted by atomic mass is 32.2. The molecule has 0 radical (unpaired) electrons. The number of para-hydroxylation sites is 1. The highest BCUT2D eigenvalue weighted by Crippen LogP contribution is 2.37. The van der Waals surface area contributed by atoms with Gasteiger partial charge in [0.2, 0.25) is 0 Å². The Hall–Kier alpha value is -4.45. The highest BCUT2D eigenvalue weighted by molar-refractivity contribution is 7.93. The monoisotopic (exact) mass is 529 g/mol. The Morgan fingerprint density at radius 1 is 0.865 bits per heavy atom. The minimum absolute atomic E-state index is 0.131. The van der Waals surface area contributed by atoms with Crippen LogP contribution in [0.2, 0.25) is 0 Å². The molecule has 0 aliphatic carbocycles. The van der Waals surface area contributed by atoms with E-state index in [4.69, 9.17) is 8.94 Å². The summed E-state index contributed by atoms with van der Waals surface area (Å²) in [7, 11) is -4.34. The van der Waals surface area contributed by atoms with E-state index in [-0.39, 0.29) is 16.3 Å². The first-order valence-corrected chi connectivity index (χ1v) is 12.0. The van der Waals surface area contributed by atoms with Crippen molar-refractivity contribution in [1.82, 2.24) is 10.1 Å². The van der Waals surface area contributed by atoms with Gasteiger partial charge < -0.3 is 8.94 Å². The molecule has 5 rings (SSSR count). The number of alkyl halides is 3. The van der Waals surface area contributed by atoms with E-state index in [0.717, 1.165) is 10.6 Å². The van der Waals surface area contributed by atoms with Gasteiger partial charge in [0.1, 0.15) is 29.7 Å². The minimum Gasteiger partial charge on any atom is -0.430 e. The number of hydrogen-bond donors (Lipinski definition) is 0. The van der Waals surface area contributed by atoms with Crippen LogP contribution in [0.3, 0.4) is 0 Å². The lowest BCUT2D eigenvalue weighted by atomic mass is 10.1. The second-order valence-corrected chi connectivity index (χ2v) is 9.51. The summed E-state index contributed by atoms with van der Waals surface area (Å²) < 4.78 is 92.3. The molecule has 0 unspecified atom stereocenters. The Bertz CT molecular complexity index is 1630. The van der Waals surface area contributed by atoms with Gasteiger partial charge in [0, 0.05) is 17.2 Å². The fourth-order valence-corrected chi connectivity index (χ4v) is 4.94. The Balaban J connectivity index is 1.58. The van der Waals surface area contributed by atoms with Crippen molar-refractivity contribution in [3.8, 4) is 22.5 Å². The molecule has 0 N–H and O–H groups in total. The summed E-state index contributed by atoms with van der Waals surface area (Å²) in [5.41, 5.74) is -0.640. The molecule has 7 nitrogen and oxygen atoms in total. The second-order valence-electron chi connectivity index (χ2n) is 7.72. The molecular formula is C25H15F4N3O4S. The molecule has 0 atom stereocenters. The van der Waals surface area contributed by atoms with Crippen molar-refractivity contribution in [2.24, 2.45) is 0 Å². The molecule has 5 aromatic rings. The molecule has 0 amide bonds. The summed E-state index contributed by atoms with van der Waals surface area (Å²) in [5.74, 6) is -0.981. The van der Waals surface area contributed by atoms with E-state index in [1.165, 1.54) is 42.7 Å². The van der Waals surface area contributed by atoms with Crippen molar-refractivity contribution < 1.29 is 34.9 Å². The Morgan fingerprint density at radius 2 is 1.59 bits per heavy atom. The first-order valence-electron chi connectivity index (χ1n) is 10.6. The lowest BCUT2D eigenvalue weighted by molar-refractivity contribution is -0.137. The molecule has 0 spiro atoms. The van der Waals surface area contributed by atoms with Gasteiger partial charge in [0.15, 0.2) is 0 Å². The number of aromatic nitrogens is 2. The van der Waals surface area contributed by atoms with Crippen molar-refractivity contribution in [2.45, 2.75) is 11.1 Å². The maximum atomic E-state index is 14.4. The average Bonchev–Trinajstić information content (AvgIpc) is 3.57. The first-order chi connectivity index (χ1) is 17.6. The molecule has 3 aromatic carbocycles. The Kier molecular flexibility index (Phi) is 6.04. The van der Waals surface area contributed by atoms with Crippen LogP contribution in [0.1, 0.15) is 5.56 Å². The predicted molar refractivity (Wildman–Crippen MR) is 125 cm³/mol. The summed E-state index contributed by atoms with van der Waals surface area (Å²) in [6, 6.07) is 16.5. The maximum Gasteiger partial charge on any atom is 0.416 e. The van der Waals surface area contributed by atoms with E-state index in [2.05, 4.69) is 10.1 Å². The van der Waals surface area contributed by atoms with Crippen LogP contribution in [0, 0.1) is 5.82 Å². The molecule has 2 aromatic heterocycles. The van der Waals surface area contributed by atoms with Gasteiger partial charge >= 0.3 is 12.2 Å². The lowest BCUT2D eigenvalue weighted by Gasteiger charge is -2.20. The molecule has 0 saturated heterocycles. The zero-order valence-electron chi connectivity index (χ0n) is 18.6. The average molecular weight is 529 g/mol. The van der Waals surface area contributed by atoms with Gasteiger partial charge in [0.25, 0.3) is 10.0 Å². The van der Waals surface area contributed by atoms with Crippen molar-refractivity contribution in [2.75, 3.05) is 4.31 Å². The Morgan fingerprint density at radius 3 is 2.24 bits per heavy atom. The minimum atomic E-state index is -4.72. The van der Waals surface area contributed by atoms with Crippen LogP contribution in [0.4, 0.5) is 29.3 Å². The molecule has 0 aliphatic rings. The molecule has 12 heteroatoms. The summed E-state index contributed by atoms with van der Waals surface area (Å²) in [6.07, 6.45) is -2.44. The van der Waals surface area contributed by atoms with Gasteiger partial charge in [-0.15, -0.1) is 0 Å². The standard InChI is InChI=1S/C25H15F4N3O4S/c26-21-11-8-17(25(27,28)29)14-20(21)23-15-35-24(30-23)32(18-4-2-1-3-5-18)37(33,34)19-9-6-16(7-10-19)22-12-13-36-31-22/h1-15H. The summed E-state index contributed by atoms with van der Waals surface area (Å²) in [5, 5.41) is 3.81. The highest BCUT2D eigenvalue weighted by Gasteiger charge is 2.33. The molecule has 0 aliphatic heterocycles. The van der Waals surface area contributed by atoms with Crippen molar-refractivity contribution in [3.63, 3.8) is 0 Å². The van der Waals surface area contributed by atoms with Crippen molar-refractivity contribution in [3.05, 3.63) is 103 Å². The van der Waals surface area contributed by atoms with Crippen LogP contribution in [-0.2, 0) is 16.2 Å². The summed E-state index contributed by atoms with van der Waals surface area (Å²) in [6.45, 7) is 0. The van der Waals surface area contributed by atoms with Gasteiger partial charge in [-0.2, -0.15) is 22.5 Å². The molecule has 0 saturated carbocycles. The van der Waals surface area contributed by atoms with E-state index in [0.29, 0.717) is 29.5 Å². The third-order valence-electron chi connectivity index (χ3n) is 5.35. The third kappa shape index (κ3) is 4.70. The number of halogens is 4. The van der Waals surface area contributed by atoms with E-state index >= 15 is 0 Å². The predicted octanol–water partition coefficient (Wildman–Crippen LogP) is 6.68. The third-order valence-corrected chi connectivity index (χ3v) is 7.07. The summed E-state index contributed by atoms with van der Waals surface area (Å²) >= 11 is 0. The maximum absolute atomic E-state index is 14.4. The molecule has 2 heterocycles. The van der Waals surface area contributed by atoms with Gasteiger partial charge in [0.05, 0.1) is 16.1 Å². The van der Waals surface area contributed by atoms with Crippen LogP contribution in [0.5, 0.6) is 0 Å². The van der Waals surface area contributed by atoms with Gasteiger partial charge in [-0.25, -0.2) is 12.8 Å². The van der Waals surface area contributed by atoms with Crippen molar-refractivity contribution in [1.29, 1.82) is 0 Å². The van der Waals surface area contributed by atoms with Gasteiger partial charge in [-0.3, -0.25) is 0 Å². The number of sulfonamides is 1. The van der Waals surface area contributed by atoms with Gasteiger partial charge in [-0.05, 0) is 42.5 Å². The van der Waals surface area contributed by atoms with Crippen LogP contribution in [-0.4, -0.2) is 18.6 Å². The molecule has 0 bridgehead atoms. The van der Waals surface area contributed by atoms with Crippen LogP contribution in [0.15, 0.2) is 105 Å². The SMILES string of the molecule is O=S(=O)(c1ccc(-c2ccon2)cc1)N(c1ccccc1)c1nc(-c2cc(C(F)(F)F)ccc2F)co1. The number of benzene rings is 3. The quantitative estimate of drug-likeness (QED) is 0.228. The number of anilines is 2. The second kappa shape index (κ2) is 9.21. The topological polar surface area (TPSA) is 89.4 Å². The fraction of sp³-hybridized carbons (Fsp3) is 0.0400. The molecular weight excluding hydrogens is 514 g/mol. The lowest BCUT2D eigenvalue weighted by Crippen LogP contribution is -2.26. The molecule has 37 heavy (non-hydrogen) atoms. The van der Waals surface area contributed by atoms with E-state index in [1.807, 2.05) is 0 Å². The number of hydrogen-bond acceptors (Lipinski definition) is 6. The largest absolute Gasteiger partial charge is 0.430 e. The number of oxazole rings is 1. The zero-order chi connectivity index (χ0) is 26.2. The number of rotatable bonds is 6. The summed E-state index contributed by atoms with van der Waals surface area (Å²) in [4.78, 5) is 3.91. The molecule has 188 valence electrons. The van der Waals surface area contributed by atoms with E-state index in [1.54, 1.807) is 24.3 Å². The van der Waals surface area contributed by atoms with E-state index < -0.39 is 39.2 Å². The van der Waals surface area contributed by atoms with Crippen molar-refractivity contribution >= 4 is 21.7 Å². The van der Waals surface area contributed by atoms with Crippen LogP contribution >= 0.6 is 0 Å². The fourth-order valence-electron chi connectivity index (χ4n) is 3.56. The zero-order valence-corrected chi connectivity index (χ0v) is 19.4. The normalized spacial score (nSPS) is 12.0. The molecule has 0 fully saturated rings. The van der Waals surface area contributed by atoms with Crippen LogP contribution < -0.4 is 4.31 Å². The first kappa shape index (κ1) is 24.3. The van der Waals surface area contributed by atoms with Crippen LogP contribution in [0.25, 0.3) is 22.5 Å². The van der Waals surface area contributed by atoms with Gasteiger partial charge in [-0.1, -0.05) is 35.5 Å².